The highest BCUT2D eigenvalue weighted by Crippen LogP contribution is 2.57. The number of rotatable bonds is 70. The molecule has 3 aromatic rings. The summed E-state index contributed by atoms with van der Waals surface area (Å²) in [6.45, 7) is 13.5. The highest BCUT2D eigenvalue weighted by atomic mass is 16.6. The molecule has 0 atom stereocenters. The van der Waals surface area contributed by atoms with Crippen LogP contribution in [0.25, 0.3) is 0 Å². The molecule has 554 valence electrons. The maximum absolute atomic E-state index is 14.1. The summed E-state index contributed by atoms with van der Waals surface area (Å²) in [5.74, 6) is 1.42. The molecule has 0 unspecified atom stereocenters. The third kappa shape index (κ3) is 36.3. The van der Waals surface area contributed by atoms with Crippen LogP contribution in [0.3, 0.4) is 0 Å². The molecule has 0 bridgehead atoms. The Hall–Kier alpha value is -3.47. The SMILES string of the molecule is CCCCCCCCCCCCCCCCCCN(CCCCCCCCCCCCCCCCCC)c1ccc2c(c1)Oc1cc(N(CCCCCCCCCCCCCCCCCC)CCCCCCCCCCCCCCCCCC)ccc1C21OC(=O)c2ccccc21. The van der Waals surface area contributed by atoms with Gasteiger partial charge in [0.2, 0.25) is 0 Å². The number of benzene rings is 3. The minimum atomic E-state index is -1.06. The normalized spacial score (nSPS) is 12.9. The van der Waals surface area contributed by atoms with Gasteiger partial charge in [0.15, 0.2) is 5.60 Å². The number of carbonyl (C=O) groups is 1. The van der Waals surface area contributed by atoms with Crippen molar-refractivity contribution < 1.29 is 14.3 Å². The second-order valence-corrected chi connectivity index (χ2v) is 31.3. The van der Waals surface area contributed by atoms with Gasteiger partial charge in [-0.25, -0.2) is 4.79 Å². The van der Waals surface area contributed by atoms with Crippen LogP contribution in [0, 0.1) is 0 Å². The van der Waals surface area contributed by atoms with Gasteiger partial charge < -0.3 is 19.3 Å². The lowest BCUT2D eigenvalue weighted by molar-refractivity contribution is 0.0224. The molecule has 0 aliphatic carbocycles. The molecule has 0 fully saturated rings. The second kappa shape index (κ2) is 58.1. The van der Waals surface area contributed by atoms with Crippen molar-refractivity contribution in [2.24, 2.45) is 0 Å². The summed E-state index contributed by atoms with van der Waals surface area (Å²) in [6, 6.07) is 22.0. The van der Waals surface area contributed by atoms with E-state index < -0.39 is 5.60 Å². The van der Waals surface area contributed by atoms with Crippen LogP contribution in [0.5, 0.6) is 11.5 Å². The summed E-state index contributed by atoms with van der Waals surface area (Å²) < 4.78 is 14.1. The highest BCUT2D eigenvalue weighted by molar-refractivity contribution is 5.97. The number of unbranched alkanes of at least 4 members (excludes halogenated alkanes) is 60. The average molecular weight is 1340 g/mol. The van der Waals surface area contributed by atoms with E-state index in [1.54, 1.807) is 0 Å². The van der Waals surface area contributed by atoms with Gasteiger partial charge in [0.05, 0.1) is 5.56 Å². The standard InChI is InChI=1S/C92H158N2O3/c1-5-9-13-17-21-25-29-33-37-41-45-49-53-57-61-67-77-93(78-68-62-58-54-50-46-42-38-34-30-26-22-18-14-10-6-2)83-73-75-87-89(81-83)96-90-82-84(74-76-88(90)92(87)86-72-66-65-71-85(86)91(95)97-92)94(79-69-63-59-55-51-47-43-39-35-31-27-23-19-15-11-7-3)80-70-64-60-56-52-48-44-40-36-32-28-24-20-16-12-8-4/h65-66,71-76,81-82H,5-64,67-70,77-80H2,1-4H3. The van der Waals surface area contributed by atoms with Crippen LogP contribution in [0.1, 0.15) is 466 Å². The zero-order valence-electron chi connectivity index (χ0n) is 65.0. The van der Waals surface area contributed by atoms with E-state index in [9.17, 15) is 4.79 Å². The van der Waals surface area contributed by atoms with Crippen LogP contribution < -0.4 is 14.5 Å². The Morgan fingerprint density at radius 3 is 0.711 bits per heavy atom. The van der Waals surface area contributed by atoms with E-state index in [2.05, 4.69) is 86.0 Å². The Kier molecular flexibility index (Phi) is 50.4. The molecule has 5 rings (SSSR count). The van der Waals surface area contributed by atoms with Crippen LogP contribution in [0.15, 0.2) is 60.7 Å². The highest BCUT2D eigenvalue weighted by Gasteiger charge is 2.53. The molecule has 1 spiro atoms. The molecule has 2 heterocycles. The topological polar surface area (TPSA) is 42.0 Å². The van der Waals surface area contributed by atoms with E-state index in [1.807, 2.05) is 12.1 Å². The predicted molar refractivity (Wildman–Crippen MR) is 427 cm³/mol. The van der Waals surface area contributed by atoms with Crippen LogP contribution in [0.4, 0.5) is 11.4 Å². The lowest BCUT2D eigenvalue weighted by Gasteiger charge is -2.38. The molecule has 2 aliphatic rings. The van der Waals surface area contributed by atoms with Crippen molar-refractivity contribution in [3.8, 4) is 11.5 Å². The maximum atomic E-state index is 14.1. The first-order valence-electron chi connectivity index (χ1n) is 43.9. The zero-order chi connectivity index (χ0) is 68.4. The number of ether oxygens (including phenoxy) is 2. The van der Waals surface area contributed by atoms with E-state index >= 15 is 0 Å². The Morgan fingerprint density at radius 1 is 0.258 bits per heavy atom. The van der Waals surface area contributed by atoms with E-state index in [4.69, 9.17) is 9.47 Å². The second-order valence-electron chi connectivity index (χ2n) is 31.3. The molecular weight excluding hydrogens is 1180 g/mol. The summed E-state index contributed by atoms with van der Waals surface area (Å²) in [4.78, 5) is 19.5. The van der Waals surface area contributed by atoms with E-state index in [1.165, 1.54) is 422 Å². The largest absolute Gasteiger partial charge is 0.456 e. The summed E-state index contributed by atoms with van der Waals surface area (Å²) in [5.41, 5.74) is 4.89. The van der Waals surface area contributed by atoms with Gasteiger partial charge in [-0.2, -0.15) is 0 Å². The summed E-state index contributed by atoms with van der Waals surface area (Å²) >= 11 is 0. The van der Waals surface area contributed by atoms with Crippen molar-refractivity contribution in [2.45, 2.75) is 444 Å². The number of nitrogens with zero attached hydrogens (tertiary/aromatic N) is 2. The minimum Gasteiger partial charge on any atom is -0.456 e. The molecule has 0 saturated carbocycles. The number of fused-ring (bicyclic) bond motifs is 6. The quantitative estimate of drug-likeness (QED) is 0.0416. The van der Waals surface area contributed by atoms with Crippen molar-refractivity contribution in [3.63, 3.8) is 0 Å². The molecule has 0 radical (unpaired) electrons. The third-order valence-corrected chi connectivity index (χ3v) is 22.5. The monoisotopic (exact) mass is 1340 g/mol. The van der Waals surface area contributed by atoms with E-state index in [0.717, 1.165) is 54.4 Å². The van der Waals surface area contributed by atoms with E-state index in [-0.39, 0.29) is 5.97 Å². The molecular formula is C92H158N2O3. The first-order valence-corrected chi connectivity index (χ1v) is 43.9. The zero-order valence-corrected chi connectivity index (χ0v) is 65.0. The number of hydrogen-bond acceptors (Lipinski definition) is 5. The number of hydrogen-bond donors (Lipinski definition) is 0. The predicted octanol–water partition coefficient (Wildman–Crippen LogP) is 30.9. The Bertz CT molecular complexity index is 2110. The van der Waals surface area contributed by atoms with Crippen molar-refractivity contribution in [1.82, 2.24) is 0 Å². The first kappa shape index (κ1) is 84.2. The fourth-order valence-corrected chi connectivity index (χ4v) is 16.2. The number of carbonyl (C=O) groups excluding carboxylic acids is 1. The Labute approximate surface area is 602 Å². The third-order valence-electron chi connectivity index (χ3n) is 22.5. The first-order chi connectivity index (χ1) is 48.1. The molecule has 0 saturated heterocycles. The number of esters is 1. The van der Waals surface area contributed by atoms with Crippen molar-refractivity contribution in [3.05, 3.63) is 82.9 Å². The Morgan fingerprint density at radius 2 is 0.474 bits per heavy atom. The lowest BCUT2D eigenvalue weighted by Crippen LogP contribution is -2.34. The van der Waals surface area contributed by atoms with Crippen molar-refractivity contribution in [1.29, 1.82) is 0 Å². The molecule has 0 aromatic heterocycles. The van der Waals surface area contributed by atoms with Gasteiger partial charge >= 0.3 is 5.97 Å². The van der Waals surface area contributed by atoms with Gasteiger partial charge in [0, 0.05) is 66.4 Å². The van der Waals surface area contributed by atoms with Crippen molar-refractivity contribution >= 4 is 17.3 Å². The molecule has 0 amide bonds. The molecule has 5 nitrogen and oxygen atoms in total. The molecule has 0 N–H and O–H groups in total. The molecule has 3 aromatic carbocycles. The lowest BCUT2D eigenvalue weighted by atomic mass is 9.77. The summed E-state index contributed by atoms with van der Waals surface area (Å²) in [6.07, 6.45) is 88.8. The van der Waals surface area contributed by atoms with Gasteiger partial charge in [0.1, 0.15) is 11.5 Å². The smallest absolute Gasteiger partial charge is 0.340 e. The van der Waals surface area contributed by atoms with Gasteiger partial charge in [-0.15, -0.1) is 0 Å². The molecule has 97 heavy (non-hydrogen) atoms. The maximum Gasteiger partial charge on any atom is 0.340 e. The van der Waals surface area contributed by atoms with Crippen molar-refractivity contribution in [2.75, 3.05) is 36.0 Å². The molecule has 5 heteroatoms. The minimum absolute atomic E-state index is 0.246. The fourth-order valence-electron chi connectivity index (χ4n) is 16.2. The van der Waals surface area contributed by atoms with Gasteiger partial charge in [-0.05, 0) is 56.0 Å². The van der Waals surface area contributed by atoms with Crippen LogP contribution in [-0.4, -0.2) is 32.1 Å². The van der Waals surface area contributed by atoms with Gasteiger partial charge in [-0.1, -0.05) is 431 Å². The molecule has 2 aliphatic heterocycles. The van der Waals surface area contributed by atoms with Crippen LogP contribution >= 0.6 is 0 Å². The summed E-state index contributed by atoms with van der Waals surface area (Å²) in [7, 11) is 0. The number of anilines is 2. The average Bonchev–Trinajstić information content (AvgIpc) is 1.62. The fraction of sp³-hybridized carbons (Fsp3) is 0.793. The van der Waals surface area contributed by atoms with Gasteiger partial charge in [0.25, 0.3) is 0 Å². The summed E-state index contributed by atoms with van der Waals surface area (Å²) in [5, 5.41) is 0. The van der Waals surface area contributed by atoms with Gasteiger partial charge in [-0.3, -0.25) is 0 Å². The van der Waals surface area contributed by atoms with Crippen LogP contribution in [-0.2, 0) is 10.3 Å². The van der Waals surface area contributed by atoms with Crippen LogP contribution in [0.2, 0.25) is 0 Å². The van der Waals surface area contributed by atoms with E-state index in [0.29, 0.717) is 5.56 Å². The Balaban J connectivity index is 1.22.